The molecule has 10 aromatic carbocycles. The van der Waals surface area contributed by atoms with Gasteiger partial charge in [-0.15, -0.1) is 0 Å². The molecule has 1 nitrogen and oxygen atoms in total. The van der Waals surface area contributed by atoms with Crippen LogP contribution in [0.15, 0.2) is 224 Å². The minimum absolute atomic E-state index is 0.0620. The molecule has 0 saturated carbocycles. The van der Waals surface area contributed by atoms with E-state index in [2.05, 4.69) is 257 Å². The van der Waals surface area contributed by atoms with E-state index >= 15 is 0 Å². The second-order valence-corrected chi connectivity index (χ2v) is 20.4. The van der Waals surface area contributed by atoms with Gasteiger partial charge < -0.3 is 4.90 Å². The van der Waals surface area contributed by atoms with E-state index in [1.54, 1.807) is 0 Å². The van der Waals surface area contributed by atoms with E-state index in [1.807, 2.05) is 0 Å². The fourth-order valence-electron chi connectivity index (χ4n) is 13.1. The number of anilines is 3. The van der Waals surface area contributed by atoms with Gasteiger partial charge in [0, 0.05) is 27.8 Å². The van der Waals surface area contributed by atoms with Crippen LogP contribution in [0.4, 0.5) is 17.1 Å². The van der Waals surface area contributed by atoms with Gasteiger partial charge in [0.05, 0.1) is 11.1 Å². The Labute approximate surface area is 399 Å². The molecule has 0 aliphatic heterocycles. The van der Waals surface area contributed by atoms with E-state index in [1.165, 1.54) is 117 Å². The van der Waals surface area contributed by atoms with Crippen LogP contribution in [0.5, 0.6) is 0 Å². The van der Waals surface area contributed by atoms with Gasteiger partial charge in [0.1, 0.15) is 0 Å². The first-order chi connectivity index (χ1) is 33.2. The van der Waals surface area contributed by atoms with Gasteiger partial charge >= 0.3 is 0 Å². The summed E-state index contributed by atoms with van der Waals surface area (Å²) in [6.07, 6.45) is 0. The summed E-state index contributed by atoms with van der Waals surface area (Å²) in [6, 6.07) is 84.8. The van der Waals surface area contributed by atoms with Gasteiger partial charge in [-0.2, -0.15) is 0 Å². The summed E-state index contributed by atoms with van der Waals surface area (Å²) in [4.78, 5) is 2.50. The van der Waals surface area contributed by atoms with Crippen molar-refractivity contribution in [2.45, 2.75) is 43.9 Å². The highest BCUT2D eigenvalue weighted by atomic mass is 15.1. The maximum Gasteiger partial charge on any atom is 0.0726 e. The molecule has 0 unspecified atom stereocenters. The number of rotatable bonds is 5. The molecule has 322 valence electrons. The van der Waals surface area contributed by atoms with E-state index in [0.29, 0.717) is 0 Å². The zero-order chi connectivity index (χ0) is 45.5. The zero-order valence-corrected chi connectivity index (χ0v) is 38.8. The molecular formula is C67H49N. The fourth-order valence-corrected chi connectivity index (χ4v) is 13.1. The lowest BCUT2D eigenvalue weighted by molar-refractivity contribution is 0.660. The number of nitrogens with zero attached hydrogens (tertiary/aromatic N) is 1. The highest BCUT2D eigenvalue weighted by Gasteiger charge is 2.52. The minimum atomic E-state index is -0.434. The maximum atomic E-state index is 2.50. The summed E-state index contributed by atoms with van der Waals surface area (Å²) in [6.45, 7) is 9.45. The molecule has 14 rings (SSSR count). The quantitative estimate of drug-likeness (QED) is 0.167. The van der Waals surface area contributed by atoms with Gasteiger partial charge in [-0.25, -0.2) is 0 Å². The van der Waals surface area contributed by atoms with Crippen LogP contribution < -0.4 is 4.90 Å². The van der Waals surface area contributed by atoms with Crippen LogP contribution in [0, 0.1) is 0 Å². The number of fused-ring (bicyclic) bond motifs is 16. The average molecular weight is 868 g/mol. The third-order valence-electron chi connectivity index (χ3n) is 16.3. The summed E-state index contributed by atoms with van der Waals surface area (Å²) >= 11 is 0. The number of benzene rings is 10. The summed E-state index contributed by atoms with van der Waals surface area (Å²) in [5.41, 5.74) is 29.3. The third-order valence-corrected chi connectivity index (χ3v) is 16.3. The van der Waals surface area contributed by atoms with Crippen molar-refractivity contribution in [1.82, 2.24) is 0 Å². The smallest absolute Gasteiger partial charge is 0.0726 e. The van der Waals surface area contributed by atoms with Crippen molar-refractivity contribution in [2.75, 3.05) is 4.90 Å². The van der Waals surface area contributed by atoms with Crippen LogP contribution in [-0.4, -0.2) is 0 Å². The van der Waals surface area contributed by atoms with E-state index in [-0.39, 0.29) is 10.8 Å². The Hall–Kier alpha value is -8.00. The molecule has 0 radical (unpaired) electrons. The Kier molecular flexibility index (Phi) is 8.08. The SMILES string of the molecule is CC1(C)c2ccccc2-c2ccc(-c3ccc(N(c4ccc(-c5ccc6c(c5)C(C)(C)c5ccccc5-6)cc4)c4cccc5c4-c4ccccc4C54c5ccccc5-c5ccccc54)cc3)cc21. The second-order valence-electron chi connectivity index (χ2n) is 20.4. The van der Waals surface area contributed by atoms with Crippen LogP contribution in [0.1, 0.15) is 72.2 Å². The first kappa shape index (κ1) is 39.2. The van der Waals surface area contributed by atoms with E-state index in [9.17, 15) is 0 Å². The molecule has 1 spiro atoms. The van der Waals surface area contributed by atoms with Crippen molar-refractivity contribution in [1.29, 1.82) is 0 Å². The molecule has 0 N–H and O–H groups in total. The van der Waals surface area contributed by atoms with Crippen LogP contribution >= 0.6 is 0 Å². The fraction of sp³-hybridized carbons (Fsp3) is 0.104. The average Bonchev–Trinajstić information content (AvgIpc) is 4.02. The van der Waals surface area contributed by atoms with Crippen LogP contribution in [-0.2, 0) is 16.2 Å². The Balaban J connectivity index is 0.930. The molecule has 1 heteroatoms. The van der Waals surface area contributed by atoms with Crippen molar-refractivity contribution in [3.63, 3.8) is 0 Å². The molecule has 0 aromatic heterocycles. The largest absolute Gasteiger partial charge is 0.310 e. The zero-order valence-electron chi connectivity index (χ0n) is 38.8. The van der Waals surface area contributed by atoms with Crippen molar-refractivity contribution in [3.05, 3.63) is 269 Å². The van der Waals surface area contributed by atoms with Crippen LogP contribution in [0.25, 0.3) is 66.8 Å². The summed E-state index contributed by atoms with van der Waals surface area (Å²) in [5.74, 6) is 0. The van der Waals surface area contributed by atoms with Crippen molar-refractivity contribution >= 4 is 17.1 Å². The molecule has 0 atom stereocenters. The van der Waals surface area contributed by atoms with E-state index in [4.69, 9.17) is 0 Å². The van der Waals surface area contributed by atoms with Gasteiger partial charge in [0.2, 0.25) is 0 Å². The number of hydrogen-bond acceptors (Lipinski definition) is 1. The molecule has 4 aliphatic carbocycles. The summed E-state index contributed by atoms with van der Waals surface area (Å²) in [5, 5.41) is 0. The molecule has 0 bridgehead atoms. The standard InChI is InChI=1S/C67H49N/c1-65(2)55-21-10-5-16-48(55)52-38-32-44(40-61(52)65)42-28-34-46(35-29-42)68(47-36-30-43(31-37-47)45-33-39-53-49-17-6-11-22-56(49)66(3,4)62(53)41-45)63-27-15-26-60-64(63)54-20-9-14-25-59(54)67(60)57-23-12-7-18-50(57)51-19-8-13-24-58(51)67/h5-41H,1-4H3. The molecule has 68 heavy (non-hydrogen) atoms. The lowest BCUT2D eigenvalue weighted by Gasteiger charge is -2.32. The molecule has 4 aliphatic rings. The van der Waals surface area contributed by atoms with Crippen molar-refractivity contribution in [3.8, 4) is 66.8 Å². The maximum absolute atomic E-state index is 2.50. The predicted octanol–water partition coefficient (Wildman–Crippen LogP) is 17.4. The van der Waals surface area contributed by atoms with Crippen molar-refractivity contribution < 1.29 is 0 Å². The Morgan fingerprint density at radius 3 is 1.06 bits per heavy atom. The lowest BCUT2D eigenvalue weighted by Crippen LogP contribution is -2.26. The molecule has 0 heterocycles. The lowest BCUT2D eigenvalue weighted by atomic mass is 9.70. The predicted molar refractivity (Wildman–Crippen MR) is 283 cm³/mol. The molecule has 0 saturated heterocycles. The van der Waals surface area contributed by atoms with Gasteiger partial charge in [-0.1, -0.05) is 210 Å². The highest BCUT2D eigenvalue weighted by molar-refractivity contribution is 6.01. The van der Waals surface area contributed by atoms with Crippen molar-refractivity contribution in [2.24, 2.45) is 0 Å². The van der Waals surface area contributed by atoms with Gasteiger partial charge in [0.25, 0.3) is 0 Å². The normalized spacial score (nSPS) is 15.1. The molecule has 0 amide bonds. The highest BCUT2D eigenvalue weighted by Crippen LogP contribution is 2.65. The third kappa shape index (κ3) is 5.17. The van der Waals surface area contributed by atoms with Crippen LogP contribution in [0.3, 0.4) is 0 Å². The Morgan fingerprint density at radius 2 is 0.603 bits per heavy atom. The minimum Gasteiger partial charge on any atom is -0.310 e. The van der Waals surface area contributed by atoms with Gasteiger partial charge in [-0.05, 0) is 148 Å². The van der Waals surface area contributed by atoms with Gasteiger partial charge in [0.15, 0.2) is 0 Å². The monoisotopic (exact) mass is 867 g/mol. The number of hydrogen-bond donors (Lipinski definition) is 0. The summed E-state index contributed by atoms with van der Waals surface area (Å²) < 4.78 is 0. The van der Waals surface area contributed by atoms with E-state index in [0.717, 1.165) is 11.4 Å². The Morgan fingerprint density at radius 1 is 0.265 bits per heavy atom. The molecule has 0 fully saturated rings. The first-order valence-corrected chi connectivity index (χ1v) is 24.2. The topological polar surface area (TPSA) is 3.24 Å². The molecular weight excluding hydrogens is 819 g/mol. The van der Waals surface area contributed by atoms with Crippen LogP contribution in [0.2, 0.25) is 0 Å². The Bertz CT molecular complexity index is 3540. The summed E-state index contributed by atoms with van der Waals surface area (Å²) in [7, 11) is 0. The second kappa shape index (κ2) is 14.0. The van der Waals surface area contributed by atoms with E-state index < -0.39 is 5.41 Å². The molecule has 10 aromatic rings. The first-order valence-electron chi connectivity index (χ1n) is 24.2. The van der Waals surface area contributed by atoms with Gasteiger partial charge in [-0.3, -0.25) is 0 Å².